The Kier molecular flexibility index (Phi) is 9.51. The molecule has 0 spiro atoms. The number of halogens is 2. The predicted octanol–water partition coefficient (Wildman–Crippen LogP) is 2.83. The number of piperazine rings is 1. The van der Waals surface area contributed by atoms with Crippen molar-refractivity contribution >= 4 is 53.1 Å². The van der Waals surface area contributed by atoms with Gasteiger partial charge >= 0.3 is 0 Å². The molecule has 0 bridgehead atoms. The zero-order valence-corrected chi connectivity index (χ0v) is 20.0. The van der Waals surface area contributed by atoms with Crippen molar-refractivity contribution in [2.75, 3.05) is 51.3 Å². The van der Waals surface area contributed by atoms with Gasteiger partial charge in [-0.15, -0.1) is 24.0 Å². The number of nitrogens with one attached hydrogen (secondary N) is 1. The molecule has 0 radical (unpaired) electrons. The molecule has 1 amide bonds. The Balaban J connectivity index is 0.00000320. The highest BCUT2D eigenvalue weighted by molar-refractivity contribution is 14.0. The van der Waals surface area contributed by atoms with Gasteiger partial charge in [0.25, 0.3) is 5.91 Å². The molecule has 1 aliphatic heterocycles. The van der Waals surface area contributed by atoms with E-state index in [9.17, 15) is 4.79 Å². The number of ether oxygens (including phenoxy) is 1. The molecule has 1 heterocycles. The van der Waals surface area contributed by atoms with Crippen LogP contribution < -0.4 is 20.7 Å². The Labute approximate surface area is 199 Å². The van der Waals surface area contributed by atoms with Crippen molar-refractivity contribution in [3.63, 3.8) is 0 Å². The maximum absolute atomic E-state index is 12.2. The lowest BCUT2D eigenvalue weighted by molar-refractivity contribution is 0.0954. The second-order valence-corrected chi connectivity index (χ2v) is 7.11. The fourth-order valence-corrected chi connectivity index (χ4v) is 3.28. The van der Waals surface area contributed by atoms with Gasteiger partial charge in [-0.2, -0.15) is 0 Å². The number of guanidine groups is 1. The summed E-state index contributed by atoms with van der Waals surface area (Å²) in [6.07, 6.45) is 0. The van der Waals surface area contributed by atoms with Crippen LogP contribution in [0.3, 0.4) is 0 Å². The van der Waals surface area contributed by atoms with Crippen molar-refractivity contribution in [3.8, 4) is 5.75 Å². The van der Waals surface area contributed by atoms with Gasteiger partial charge < -0.3 is 25.6 Å². The lowest BCUT2D eigenvalue weighted by Gasteiger charge is -2.36. The number of anilines is 1. The predicted molar refractivity (Wildman–Crippen MR) is 132 cm³/mol. The molecule has 1 aliphatic rings. The van der Waals surface area contributed by atoms with Gasteiger partial charge in [0, 0.05) is 49.0 Å². The number of amides is 1. The largest absolute Gasteiger partial charge is 0.497 e. The van der Waals surface area contributed by atoms with Gasteiger partial charge in [-0.1, -0.05) is 17.7 Å². The molecule has 2 aromatic carbocycles. The van der Waals surface area contributed by atoms with E-state index in [4.69, 9.17) is 22.1 Å². The number of hydrogen-bond donors (Lipinski definition) is 2. The van der Waals surface area contributed by atoms with Gasteiger partial charge in [0.1, 0.15) is 5.75 Å². The van der Waals surface area contributed by atoms with Crippen LogP contribution in [0.25, 0.3) is 0 Å². The minimum Gasteiger partial charge on any atom is -0.497 e. The summed E-state index contributed by atoms with van der Waals surface area (Å²) < 4.78 is 5.14. The van der Waals surface area contributed by atoms with E-state index in [0.29, 0.717) is 30.4 Å². The van der Waals surface area contributed by atoms with Gasteiger partial charge in [-0.25, -0.2) is 0 Å². The van der Waals surface area contributed by atoms with Crippen molar-refractivity contribution < 1.29 is 9.53 Å². The van der Waals surface area contributed by atoms with Gasteiger partial charge in [-0.05, 0) is 42.5 Å². The number of methoxy groups -OCH3 is 1. The Morgan fingerprint density at radius 1 is 1.17 bits per heavy atom. The van der Waals surface area contributed by atoms with Crippen LogP contribution in [-0.4, -0.2) is 63.1 Å². The number of carbonyl (C=O) groups excluding carboxylic acids is 1. The number of nitrogens with zero attached hydrogens (tertiary/aromatic N) is 3. The van der Waals surface area contributed by atoms with Crippen LogP contribution in [0.4, 0.5) is 5.69 Å². The fraction of sp³-hybridized carbons (Fsp3) is 0.333. The summed E-state index contributed by atoms with van der Waals surface area (Å²) in [5.41, 5.74) is 7.84. The number of benzene rings is 2. The van der Waals surface area contributed by atoms with Crippen LogP contribution >= 0.6 is 35.6 Å². The highest BCUT2D eigenvalue weighted by atomic mass is 127. The average Bonchev–Trinajstić information content (AvgIpc) is 2.77. The summed E-state index contributed by atoms with van der Waals surface area (Å²) in [4.78, 5) is 20.9. The minimum atomic E-state index is -0.158. The Bertz CT molecular complexity index is 855. The number of nitrogens with two attached hydrogens (primary N) is 1. The molecule has 0 atom stereocenters. The molecular formula is C21H27ClIN5O2. The fourth-order valence-electron chi connectivity index (χ4n) is 3.15. The van der Waals surface area contributed by atoms with Gasteiger partial charge in [-0.3, -0.25) is 9.79 Å². The average molecular weight is 544 g/mol. The van der Waals surface area contributed by atoms with E-state index in [0.717, 1.165) is 36.9 Å². The standard InChI is InChI=1S/C21H26ClN5O2.HI/c1-29-19-4-2-3-16(15-19)20(28)24-9-10-25-21(23)27-13-11-26(12-14-27)18-7-5-17(22)6-8-18;/h2-8,15H,9-14H2,1H3,(H2,23,25)(H,24,28);1H. The van der Waals surface area contributed by atoms with E-state index < -0.39 is 0 Å². The third kappa shape index (κ3) is 6.66. The number of aliphatic imine (C=N–C) groups is 1. The summed E-state index contributed by atoms with van der Waals surface area (Å²) in [7, 11) is 1.57. The second kappa shape index (κ2) is 11.8. The molecule has 0 aliphatic carbocycles. The Morgan fingerprint density at radius 2 is 1.87 bits per heavy atom. The first-order valence-electron chi connectivity index (χ1n) is 9.54. The quantitative estimate of drug-likeness (QED) is 0.253. The van der Waals surface area contributed by atoms with E-state index in [1.165, 1.54) is 0 Å². The normalized spacial score (nSPS) is 14.1. The first kappa shape index (κ1) is 24.1. The second-order valence-electron chi connectivity index (χ2n) is 6.68. The summed E-state index contributed by atoms with van der Waals surface area (Å²) in [5.74, 6) is 1.00. The molecule has 0 saturated carbocycles. The zero-order chi connectivity index (χ0) is 20.6. The van der Waals surface area contributed by atoms with Crippen molar-refractivity contribution in [1.29, 1.82) is 0 Å². The van der Waals surface area contributed by atoms with E-state index in [1.54, 1.807) is 31.4 Å². The molecule has 3 N–H and O–H groups in total. The van der Waals surface area contributed by atoms with Gasteiger partial charge in [0.2, 0.25) is 0 Å². The van der Waals surface area contributed by atoms with E-state index in [1.807, 2.05) is 24.3 Å². The lowest BCUT2D eigenvalue weighted by atomic mass is 10.2. The summed E-state index contributed by atoms with van der Waals surface area (Å²) in [5, 5.41) is 3.59. The van der Waals surface area contributed by atoms with Gasteiger partial charge in [0.05, 0.1) is 13.7 Å². The molecule has 0 unspecified atom stereocenters. The third-order valence-electron chi connectivity index (χ3n) is 4.80. The highest BCUT2D eigenvalue weighted by Crippen LogP contribution is 2.19. The van der Waals surface area contributed by atoms with Crippen LogP contribution in [0.2, 0.25) is 5.02 Å². The van der Waals surface area contributed by atoms with Crippen LogP contribution in [0.1, 0.15) is 10.4 Å². The summed E-state index contributed by atoms with van der Waals surface area (Å²) in [6.45, 7) is 4.18. The molecule has 0 aromatic heterocycles. The molecule has 9 heteroatoms. The lowest BCUT2D eigenvalue weighted by Crippen LogP contribution is -2.51. The van der Waals surface area contributed by atoms with Crippen molar-refractivity contribution in [2.24, 2.45) is 10.7 Å². The molecule has 30 heavy (non-hydrogen) atoms. The molecule has 2 aromatic rings. The van der Waals surface area contributed by atoms with Crippen LogP contribution in [0.15, 0.2) is 53.5 Å². The summed E-state index contributed by atoms with van der Waals surface area (Å²) in [6, 6.07) is 14.9. The van der Waals surface area contributed by atoms with E-state index >= 15 is 0 Å². The highest BCUT2D eigenvalue weighted by Gasteiger charge is 2.18. The third-order valence-corrected chi connectivity index (χ3v) is 5.05. The smallest absolute Gasteiger partial charge is 0.251 e. The molecule has 1 fully saturated rings. The molecule has 162 valence electrons. The first-order valence-corrected chi connectivity index (χ1v) is 9.92. The maximum atomic E-state index is 12.2. The Morgan fingerprint density at radius 3 is 2.53 bits per heavy atom. The van der Waals surface area contributed by atoms with Crippen molar-refractivity contribution in [1.82, 2.24) is 10.2 Å². The molecular weight excluding hydrogens is 517 g/mol. The first-order chi connectivity index (χ1) is 14.1. The number of hydrogen-bond acceptors (Lipinski definition) is 4. The van der Waals surface area contributed by atoms with Crippen LogP contribution in [0, 0.1) is 0 Å². The van der Waals surface area contributed by atoms with E-state index in [2.05, 4.69) is 20.1 Å². The Hall–Kier alpha value is -2.20. The monoisotopic (exact) mass is 543 g/mol. The molecule has 1 saturated heterocycles. The van der Waals surface area contributed by atoms with Crippen LogP contribution in [0.5, 0.6) is 5.75 Å². The minimum absolute atomic E-state index is 0. The summed E-state index contributed by atoms with van der Waals surface area (Å²) >= 11 is 5.95. The van der Waals surface area contributed by atoms with Crippen LogP contribution in [-0.2, 0) is 0 Å². The number of rotatable bonds is 6. The molecule has 7 nitrogen and oxygen atoms in total. The molecule has 3 rings (SSSR count). The van der Waals surface area contributed by atoms with Crippen molar-refractivity contribution in [2.45, 2.75) is 0 Å². The van der Waals surface area contributed by atoms with Gasteiger partial charge in [0.15, 0.2) is 5.96 Å². The zero-order valence-electron chi connectivity index (χ0n) is 16.9. The SMILES string of the molecule is COc1cccc(C(=O)NCCN=C(N)N2CCN(c3ccc(Cl)cc3)CC2)c1.I. The topological polar surface area (TPSA) is 83.2 Å². The van der Waals surface area contributed by atoms with E-state index in [-0.39, 0.29) is 29.9 Å². The number of carbonyl (C=O) groups is 1. The van der Waals surface area contributed by atoms with Crippen molar-refractivity contribution in [3.05, 3.63) is 59.1 Å². The maximum Gasteiger partial charge on any atom is 0.251 e.